The van der Waals surface area contributed by atoms with E-state index in [0.29, 0.717) is 12.8 Å². The Labute approximate surface area is 113 Å². The van der Waals surface area contributed by atoms with E-state index in [1.165, 1.54) is 4.57 Å². The van der Waals surface area contributed by atoms with Crippen molar-refractivity contribution in [3.8, 4) is 0 Å². The summed E-state index contributed by atoms with van der Waals surface area (Å²) in [5.74, 6) is -1.34. The monoisotopic (exact) mass is 272 g/mol. The van der Waals surface area contributed by atoms with Gasteiger partial charge in [0.05, 0.1) is 0 Å². The van der Waals surface area contributed by atoms with Gasteiger partial charge in [-0.25, -0.2) is 9.59 Å². The minimum Gasteiger partial charge on any atom is -0.477 e. The molecule has 0 atom stereocenters. The van der Waals surface area contributed by atoms with Gasteiger partial charge in [-0.1, -0.05) is 24.3 Å². The number of carboxylic acid groups (broad SMARTS) is 1. The molecule has 1 aromatic carbocycles. The Balaban J connectivity index is 2.05. The molecule has 2 N–H and O–H groups in total. The summed E-state index contributed by atoms with van der Waals surface area (Å²) in [6.07, 6.45) is 2.45. The number of hydrogen-bond acceptors (Lipinski definition) is 3. The Bertz CT molecular complexity index is 778. The summed E-state index contributed by atoms with van der Waals surface area (Å²) in [5.41, 5.74) is 0.438. The molecule has 1 aliphatic carbocycles. The highest BCUT2D eigenvalue weighted by Gasteiger charge is 2.24. The van der Waals surface area contributed by atoms with E-state index in [9.17, 15) is 14.4 Å². The van der Waals surface area contributed by atoms with Crippen LogP contribution in [0, 0.1) is 0 Å². The third-order valence-corrected chi connectivity index (χ3v) is 3.62. The van der Waals surface area contributed by atoms with Gasteiger partial charge in [0.1, 0.15) is 5.56 Å². The van der Waals surface area contributed by atoms with Crippen LogP contribution in [0.15, 0.2) is 40.1 Å². The largest absolute Gasteiger partial charge is 0.477 e. The second kappa shape index (κ2) is 4.48. The van der Waals surface area contributed by atoms with Gasteiger partial charge in [-0.05, 0) is 24.0 Å². The molecule has 20 heavy (non-hydrogen) atoms. The number of nitrogens with zero attached hydrogens (tertiary/aromatic N) is 1. The summed E-state index contributed by atoms with van der Waals surface area (Å²) in [5, 5.41) is 8.96. The fraction of sp³-hybridized carbons (Fsp3) is 0.214. The van der Waals surface area contributed by atoms with Gasteiger partial charge >= 0.3 is 11.7 Å². The van der Waals surface area contributed by atoms with Gasteiger partial charge in [-0.2, -0.15) is 0 Å². The number of rotatable bonds is 2. The van der Waals surface area contributed by atoms with Crippen LogP contribution in [0.2, 0.25) is 0 Å². The molecule has 0 amide bonds. The van der Waals surface area contributed by atoms with E-state index in [2.05, 4.69) is 4.98 Å². The summed E-state index contributed by atoms with van der Waals surface area (Å²) in [4.78, 5) is 36.3. The quantitative estimate of drug-likeness (QED) is 0.836. The topological polar surface area (TPSA) is 92.2 Å². The maximum absolute atomic E-state index is 11.9. The van der Waals surface area contributed by atoms with E-state index in [1.807, 2.05) is 24.3 Å². The van der Waals surface area contributed by atoms with Crippen LogP contribution in [0.4, 0.5) is 0 Å². The molecule has 1 aliphatic rings. The third kappa shape index (κ3) is 1.95. The lowest BCUT2D eigenvalue weighted by Crippen LogP contribution is -2.35. The van der Waals surface area contributed by atoms with Gasteiger partial charge in [0.25, 0.3) is 5.56 Å². The van der Waals surface area contributed by atoms with Crippen LogP contribution in [0.1, 0.15) is 27.5 Å². The van der Waals surface area contributed by atoms with Crippen molar-refractivity contribution in [2.75, 3.05) is 0 Å². The number of H-pyrrole nitrogens is 1. The number of aromatic amines is 1. The van der Waals surface area contributed by atoms with Crippen LogP contribution in [0.3, 0.4) is 0 Å². The van der Waals surface area contributed by atoms with E-state index in [4.69, 9.17) is 5.11 Å². The van der Waals surface area contributed by atoms with Gasteiger partial charge in [-0.3, -0.25) is 14.3 Å². The zero-order valence-electron chi connectivity index (χ0n) is 10.5. The molecule has 0 spiro atoms. The minimum absolute atomic E-state index is 0.158. The first-order valence-electron chi connectivity index (χ1n) is 6.22. The average molecular weight is 272 g/mol. The van der Waals surface area contributed by atoms with Gasteiger partial charge < -0.3 is 5.11 Å². The van der Waals surface area contributed by atoms with Crippen molar-refractivity contribution in [2.45, 2.75) is 18.9 Å². The fourth-order valence-electron chi connectivity index (χ4n) is 2.64. The Morgan fingerprint density at radius 2 is 1.80 bits per heavy atom. The molecule has 3 rings (SSSR count). The smallest absolute Gasteiger partial charge is 0.342 e. The maximum Gasteiger partial charge on any atom is 0.342 e. The molecule has 0 unspecified atom stereocenters. The molecule has 0 saturated carbocycles. The van der Waals surface area contributed by atoms with Crippen molar-refractivity contribution in [3.05, 3.63) is 68.0 Å². The van der Waals surface area contributed by atoms with E-state index in [-0.39, 0.29) is 6.04 Å². The molecule has 1 heterocycles. The number of benzene rings is 1. The van der Waals surface area contributed by atoms with E-state index in [0.717, 1.165) is 17.3 Å². The van der Waals surface area contributed by atoms with Gasteiger partial charge in [0, 0.05) is 12.2 Å². The highest BCUT2D eigenvalue weighted by atomic mass is 16.4. The molecule has 6 heteroatoms. The third-order valence-electron chi connectivity index (χ3n) is 3.62. The standard InChI is InChI=1S/C14H12N2O4/c17-12-11(13(18)19)7-16(14(20)15-12)10-5-8-3-1-2-4-9(8)6-10/h1-4,7,10H,5-6H2,(H,18,19)(H,15,17,20). The molecule has 0 aliphatic heterocycles. The molecule has 0 radical (unpaired) electrons. The lowest BCUT2D eigenvalue weighted by atomic mass is 10.1. The van der Waals surface area contributed by atoms with E-state index < -0.39 is 22.8 Å². The lowest BCUT2D eigenvalue weighted by molar-refractivity contribution is 0.0693. The van der Waals surface area contributed by atoms with Crippen LogP contribution in [0.25, 0.3) is 0 Å². The number of aromatic carboxylic acids is 1. The molecule has 1 aromatic heterocycles. The van der Waals surface area contributed by atoms with Gasteiger partial charge in [0.15, 0.2) is 0 Å². The predicted octanol–water partition coefficient (Wildman–Crippen LogP) is 0.575. The van der Waals surface area contributed by atoms with E-state index >= 15 is 0 Å². The van der Waals surface area contributed by atoms with Crippen molar-refractivity contribution < 1.29 is 9.90 Å². The highest BCUT2D eigenvalue weighted by Crippen LogP contribution is 2.28. The SMILES string of the molecule is O=C(O)c1cn(C2Cc3ccccc3C2)c(=O)[nH]c1=O. The van der Waals surface area contributed by atoms with Crippen LogP contribution in [-0.2, 0) is 12.8 Å². The zero-order valence-corrected chi connectivity index (χ0v) is 10.5. The first-order valence-corrected chi connectivity index (χ1v) is 6.22. The molecule has 6 nitrogen and oxygen atoms in total. The summed E-state index contributed by atoms with van der Waals surface area (Å²) < 4.78 is 1.31. The van der Waals surface area contributed by atoms with Crippen LogP contribution in [0.5, 0.6) is 0 Å². The Morgan fingerprint density at radius 3 is 2.35 bits per heavy atom. The number of nitrogens with one attached hydrogen (secondary N) is 1. The van der Waals surface area contributed by atoms with Crippen molar-refractivity contribution in [3.63, 3.8) is 0 Å². The molecule has 0 bridgehead atoms. The zero-order chi connectivity index (χ0) is 14.3. The molecular formula is C14H12N2O4. The van der Waals surface area contributed by atoms with Crippen molar-refractivity contribution in [1.82, 2.24) is 9.55 Å². The first kappa shape index (κ1) is 12.4. The van der Waals surface area contributed by atoms with Crippen LogP contribution in [-0.4, -0.2) is 20.6 Å². The van der Waals surface area contributed by atoms with E-state index in [1.54, 1.807) is 0 Å². The second-order valence-electron chi connectivity index (χ2n) is 4.85. The summed E-state index contributed by atoms with van der Waals surface area (Å²) in [6.45, 7) is 0. The molecule has 2 aromatic rings. The van der Waals surface area contributed by atoms with Crippen molar-refractivity contribution in [1.29, 1.82) is 0 Å². The summed E-state index contributed by atoms with van der Waals surface area (Å²) >= 11 is 0. The average Bonchev–Trinajstić information content (AvgIpc) is 2.81. The molecular weight excluding hydrogens is 260 g/mol. The maximum atomic E-state index is 11.9. The van der Waals surface area contributed by atoms with Crippen molar-refractivity contribution in [2.24, 2.45) is 0 Å². The highest BCUT2D eigenvalue weighted by molar-refractivity contribution is 5.86. The van der Waals surface area contributed by atoms with Crippen LogP contribution >= 0.6 is 0 Å². The number of carbonyl (C=O) groups is 1. The second-order valence-corrected chi connectivity index (χ2v) is 4.85. The number of fused-ring (bicyclic) bond motifs is 1. The number of hydrogen-bond donors (Lipinski definition) is 2. The first-order chi connectivity index (χ1) is 9.56. The van der Waals surface area contributed by atoms with Crippen molar-refractivity contribution >= 4 is 5.97 Å². The lowest BCUT2D eigenvalue weighted by Gasteiger charge is -2.13. The molecule has 0 fully saturated rings. The Morgan fingerprint density at radius 1 is 1.20 bits per heavy atom. The molecule has 0 saturated heterocycles. The summed E-state index contributed by atoms with van der Waals surface area (Å²) in [7, 11) is 0. The minimum atomic E-state index is -1.34. The van der Waals surface area contributed by atoms with Gasteiger partial charge in [0.2, 0.25) is 0 Å². The predicted molar refractivity (Wildman–Crippen MR) is 71.2 cm³/mol. The molecule has 102 valence electrons. The Hall–Kier alpha value is -2.63. The van der Waals surface area contributed by atoms with Crippen LogP contribution < -0.4 is 11.2 Å². The normalized spacial score (nSPS) is 14.2. The number of aromatic nitrogens is 2. The Kier molecular flexibility index (Phi) is 2.78. The number of carboxylic acids is 1. The fourth-order valence-corrected chi connectivity index (χ4v) is 2.64. The van der Waals surface area contributed by atoms with Gasteiger partial charge in [-0.15, -0.1) is 0 Å². The summed E-state index contributed by atoms with van der Waals surface area (Å²) in [6, 6.07) is 7.68.